The summed E-state index contributed by atoms with van der Waals surface area (Å²) in [5.74, 6) is 0.312. The first-order valence-corrected chi connectivity index (χ1v) is 6.84. The fourth-order valence-corrected chi connectivity index (χ4v) is 1.54. The Morgan fingerprint density at radius 1 is 1.33 bits per heavy atom. The van der Waals surface area contributed by atoms with Gasteiger partial charge in [0, 0.05) is 26.1 Å². The Kier molecular flexibility index (Phi) is 6.85. The minimum atomic E-state index is -0.557. The molecule has 0 atom stereocenters. The highest BCUT2D eigenvalue weighted by Gasteiger charge is 2.17. The minimum absolute atomic E-state index is 0.109. The number of amides is 1. The number of aromatic nitrogens is 2. The lowest BCUT2D eigenvalue weighted by Gasteiger charge is -2.08. The topological polar surface area (TPSA) is 122 Å². The van der Waals surface area contributed by atoms with Crippen LogP contribution >= 0.6 is 0 Å². The molecule has 0 fully saturated rings. The molecule has 0 aliphatic rings. The second kappa shape index (κ2) is 8.67. The first kappa shape index (κ1) is 16.6. The number of carbonyl (C=O) groups is 1. The van der Waals surface area contributed by atoms with Gasteiger partial charge in [0.1, 0.15) is 6.20 Å². The van der Waals surface area contributed by atoms with Crippen LogP contribution in [0.25, 0.3) is 0 Å². The SMILES string of the molecule is CCCNc1ncc([N+](=O)[O-])c(NCCC(=O)NCC)n1. The van der Waals surface area contributed by atoms with Crippen molar-refractivity contribution in [3.05, 3.63) is 16.3 Å². The predicted molar refractivity (Wildman–Crippen MR) is 79.3 cm³/mol. The fourth-order valence-electron chi connectivity index (χ4n) is 1.54. The number of nitro groups is 1. The zero-order valence-corrected chi connectivity index (χ0v) is 12.2. The summed E-state index contributed by atoms with van der Waals surface area (Å²) in [6, 6.07) is 0. The number of carbonyl (C=O) groups excluding carboxylic acids is 1. The quantitative estimate of drug-likeness (QED) is 0.461. The van der Waals surface area contributed by atoms with Gasteiger partial charge in [-0.25, -0.2) is 4.98 Å². The summed E-state index contributed by atoms with van der Waals surface area (Å²) in [4.78, 5) is 29.7. The van der Waals surface area contributed by atoms with Gasteiger partial charge in [0.2, 0.25) is 17.7 Å². The molecule has 0 aliphatic heterocycles. The van der Waals surface area contributed by atoms with E-state index in [1.54, 1.807) is 0 Å². The van der Waals surface area contributed by atoms with Crippen LogP contribution in [0.5, 0.6) is 0 Å². The van der Waals surface area contributed by atoms with Crippen LogP contribution in [0.3, 0.4) is 0 Å². The highest BCUT2D eigenvalue weighted by molar-refractivity contribution is 5.76. The van der Waals surface area contributed by atoms with Crippen LogP contribution in [0.2, 0.25) is 0 Å². The smallest absolute Gasteiger partial charge is 0.329 e. The predicted octanol–water partition coefficient (Wildman–Crippen LogP) is 1.14. The zero-order valence-electron chi connectivity index (χ0n) is 12.2. The van der Waals surface area contributed by atoms with Gasteiger partial charge in [-0.3, -0.25) is 14.9 Å². The molecule has 116 valence electrons. The molecule has 0 saturated carbocycles. The molecule has 0 saturated heterocycles. The van der Waals surface area contributed by atoms with Crippen molar-refractivity contribution in [3.63, 3.8) is 0 Å². The summed E-state index contributed by atoms with van der Waals surface area (Å²) in [6.07, 6.45) is 2.26. The van der Waals surface area contributed by atoms with Gasteiger partial charge in [-0.05, 0) is 13.3 Å². The van der Waals surface area contributed by atoms with Gasteiger partial charge in [-0.15, -0.1) is 0 Å². The van der Waals surface area contributed by atoms with Crippen LogP contribution in [-0.2, 0) is 4.79 Å². The number of nitrogens with one attached hydrogen (secondary N) is 3. The number of hydrogen-bond donors (Lipinski definition) is 3. The largest absolute Gasteiger partial charge is 0.364 e. The van der Waals surface area contributed by atoms with E-state index in [4.69, 9.17) is 0 Å². The van der Waals surface area contributed by atoms with Crippen LogP contribution in [-0.4, -0.2) is 40.4 Å². The molecule has 0 aliphatic carbocycles. The lowest BCUT2D eigenvalue weighted by molar-refractivity contribution is -0.384. The molecule has 9 nitrogen and oxygen atoms in total. The van der Waals surface area contributed by atoms with Crippen molar-refractivity contribution >= 4 is 23.4 Å². The maximum atomic E-state index is 11.3. The van der Waals surface area contributed by atoms with Crippen LogP contribution < -0.4 is 16.0 Å². The normalized spacial score (nSPS) is 10.0. The molecule has 0 radical (unpaired) electrons. The standard InChI is InChI=1S/C12H20N6O3/c1-3-6-15-12-16-8-9(18(20)21)11(17-12)14-7-5-10(19)13-4-2/h8H,3-7H2,1-2H3,(H,13,19)(H2,14,15,16,17). The minimum Gasteiger partial charge on any atom is -0.364 e. The first-order valence-electron chi connectivity index (χ1n) is 6.84. The Morgan fingerprint density at radius 2 is 2.10 bits per heavy atom. The molecule has 1 rings (SSSR count). The molecule has 3 N–H and O–H groups in total. The van der Waals surface area contributed by atoms with Crippen LogP contribution in [0.4, 0.5) is 17.5 Å². The van der Waals surface area contributed by atoms with Gasteiger partial charge in [-0.2, -0.15) is 4.98 Å². The van der Waals surface area contributed by atoms with Crippen LogP contribution in [0, 0.1) is 10.1 Å². The third-order valence-corrected chi connectivity index (χ3v) is 2.52. The third kappa shape index (κ3) is 5.59. The zero-order chi connectivity index (χ0) is 15.7. The van der Waals surface area contributed by atoms with E-state index in [0.717, 1.165) is 12.6 Å². The molecule has 1 aromatic rings. The fraction of sp³-hybridized carbons (Fsp3) is 0.583. The Labute approximate surface area is 122 Å². The average molecular weight is 296 g/mol. The van der Waals surface area contributed by atoms with E-state index in [1.165, 1.54) is 0 Å². The lowest BCUT2D eigenvalue weighted by Crippen LogP contribution is -2.25. The third-order valence-electron chi connectivity index (χ3n) is 2.52. The van der Waals surface area contributed by atoms with Gasteiger partial charge in [0.15, 0.2) is 0 Å². The molecular weight excluding hydrogens is 276 g/mol. The van der Waals surface area contributed by atoms with Crippen molar-refractivity contribution in [2.75, 3.05) is 30.3 Å². The Bertz CT molecular complexity index is 494. The van der Waals surface area contributed by atoms with Crippen LogP contribution in [0.1, 0.15) is 26.7 Å². The summed E-state index contributed by atoms with van der Waals surface area (Å²) >= 11 is 0. The van der Waals surface area contributed by atoms with Gasteiger partial charge >= 0.3 is 5.69 Å². The average Bonchev–Trinajstić information content (AvgIpc) is 2.45. The second-order valence-corrected chi connectivity index (χ2v) is 4.24. The summed E-state index contributed by atoms with van der Waals surface area (Å²) in [5.41, 5.74) is -0.215. The summed E-state index contributed by atoms with van der Waals surface area (Å²) in [5, 5.41) is 19.3. The molecule has 1 aromatic heterocycles. The van der Waals surface area contributed by atoms with E-state index in [9.17, 15) is 14.9 Å². The Balaban J connectivity index is 2.71. The monoisotopic (exact) mass is 296 g/mol. The van der Waals surface area contributed by atoms with E-state index >= 15 is 0 Å². The van der Waals surface area contributed by atoms with Crippen LogP contribution in [0.15, 0.2) is 6.20 Å². The highest BCUT2D eigenvalue weighted by Crippen LogP contribution is 2.21. The van der Waals surface area contributed by atoms with Gasteiger partial charge < -0.3 is 16.0 Å². The van der Waals surface area contributed by atoms with Crippen molar-refractivity contribution in [2.24, 2.45) is 0 Å². The molecule has 0 bridgehead atoms. The molecule has 9 heteroatoms. The summed E-state index contributed by atoms with van der Waals surface area (Å²) in [7, 11) is 0. The van der Waals surface area contributed by atoms with E-state index in [-0.39, 0.29) is 30.4 Å². The summed E-state index contributed by atoms with van der Waals surface area (Å²) in [6.45, 7) is 5.31. The summed E-state index contributed by atoms with van der Waals surface area (Å²) < 4.78 is 0. The molecule has 1 heterocycles. The second-order valence-electron chi connectivity index (χ2n) is 4.24. The van der Waals surface area contributed by atoms with Gasteiger partial charge in [-0.1, -0.05) is 6.92 Å². The van der Waals surface area contributed by atoms with E-state index in [0.29, 0.717) is 19.0 Å². The Hall–Kier alpha value is -2.45. The van der Waals surface area contributed by atoms with Crippen molar-refractivity contribution in [3.8, 4) is 0 Å². The molecule has 0 unspecified atom stereocenters. The maximum Gasteiger partial charge on any atom is 0.329 e. The molecular formula is C12H20N6O3. The molecule has 0 aromatic carbocycles. The molecule has 1 amide bonds. The molecule has 21 heavy (non-hydrogen) atoms. The van der Waals surface area contributed by atoms with Crippen molar-refractivity contribution in [2.45, 2.75) is 26.7 Å². The Morgan fingerprint density at radius 3 is 2.71 bits per heavy atom. The van der Waals surface area contributed by atoms with E-state index in [2.05, 4.69) is 25.9 Å². The number of anilines is 2. The van der Waals surface area contributed by atoms with Crippen molar-refractivity contribution < 1.29 is 9.72 Å². The van der Waals surface area contributed by atoms with E-state index in [1.807, 2.05) is 13.8 Å². The van der Waals surface area contributed by atoms with Crippen molar-refractivity contribution in [1.82, 2.24) is 15.3 Å². The van der Waals surface area contributed by atoms with E-state index < -0.39 is 4.92 Å². The first-order chi connectivity index (χ1) is 10.1. The van der Waals surface area contributed by atoms with Gasteiger partial charge in [0.05, 0.1) is 4.92 Å². The van der Waals surface area contributed by atoms with Crippen molar-refractivity contribution in [1.29, 1.82) is 0 Å². The number of nitrogens with zero attached hydrogens (tertiary/aromatic N) is 3. The maximum absolute atomic E-state index is 11.3. The lowest BCUT2D eigenvalue weighted by atomic mass is 10.3. The number of rotatable bonds is 9. The highest BCUT2D eigenvalue weighted by atomic mass is 16.6. The molecule has 0 spiro atoms. The van der Waals surface area contributed by atoms with Gasteiger partial charge in [0.25, 0.3) is 0 Å². The number of hydrogen-bond acceptors (Lipinski definition) is 7.